The molecular weight excluding hydrogens is 378 g/mol. The van der Waals surface area contributed by atoms with Crippen LogP contribution in [-0.4, -0.2) is 16.9 Å². The van der Waals surface area contributed by atoms with Crippen LogP contribution in [0.2, 0.25) is 0 Å². The lowest BCUT2D eigenvalue weighted by atomic mass is 9.95. The molecule has 0 aliphatic heterocycles. The number of anilines is 1. The van der Waals surface area contributed by atoms with Crippen molar-refractivity contribution in [2.24, 2.45) is 0 Å². The largest absolute Gasteiger partial charge is 0.497 e. The van der Waals surface area contributed by atoms with Crippen molar-refractivity contribution < 1.29 is 4.74 Å². The molecule has 0 aliphatic carbocycles. The van der Waals surface area contributed by atoms with Gasteiger partial charge in [0, 0.05) is 10.9 Å². The third-order valence-corrected chi connectivity index (χ3v) is 4.84. The molecule has 1 aromatic heterocycles. The first-order valence-electron chi connectivity index (χ1n) is 8.98. The third-order valence-electron chi connectivity index (χ3n) is 4.84. The molecule has 4 aromatic rings. The van der Waals surface area contributed by atoms with Crippen LogP contribution in [0.15, 0.2) is 65.5 Å². The van der Waals surface area contributed by atoms with Crippen LogP contribution >= 0.6 is 0 Å². The zero-order chi connectivity index (χ0) is 21.3. The Balaban J connectivity index is 2.08. The van der Waals surface area contributed by atoms with E-state index in [0.717, 1.165) is 10.2 Å². The molecule has 4 rings (SSSR count). The number of nitriles is 2. The summed E-state index contributed by atoms with van der Waals surface area (Å²) in [5.41, 5.74) is 7.97. The summed E-state index contributed by atoms with van der Waals surface area (Å²) in [4.78, 5) is 13.0. The van der Waals surface area contributed by atoms with E-state index in [4.69, 9.17) is 10.5 Å². The van der Waals surface area contributed by atoms with E-state index in [1.165, 1.54) is 7.11 Å². The van der Waals surface area contributed by atoms with Gasteiger partial charge >= 0.3 is 0 Å². The van der Waals surface area contributed by atoms with Crippen LogP contribution in [0.3, 0.4) is 0 Å². The van der Waals surface area contributed by atoms with E-state index < -0.39 is 5.56 Å². The molecule has 7 heteroatoms. The van der Waals surface area contributed by atoms with E-state index in [1.54, 1.807) is 30.3 Å². The summed E-state index contributed by atoms with van der Waals surface area (Å²) in [6.45, 7) is 0. The van der Waals surface area contributed by atoms with Crippen molar-refractivity contribution in [3.63, 3.8) is 0 Å². The number of nitrogen functional groups attached to an aromatic ring is 1. The molecule has 0 aliphatic rings. The van der Waals surface area contributed by atoms with Crippen molar-refractivity contribution in [1.82, 2.24) is 9.78 Å². The molecule has 0 unspecified atom stereocenters. The summed E-state index contributed by atoms with van der Waals surface area (Å²) in [5, 5.41) is 24.2. The maximum atomic E-state index is 13.0. The summed E-state index contributed by atoms with van der Waals surface area (Å²) in [6, 6.07) is 21.6. The predicted molar refractivity (Wildman–Crippen MR) is 113 cm³/mol. The second kappa shape index (κ2) is 7.42. The SMILES string of the molecule is COc1ccc(-n2nc3c(N)c(C#N)c(-c4ccccc4)cc3c(C#N)c2=O)cc1. The number of benzene rings is 3. The van der Waals surface area contributed by atoms with Gasteiger partial charge in [0.1, 0.15) is 29.0 Å². The van der Waals surface area contributed by atoms with Gasteiger partial charge in [0.05, 0.1) is 24.0 Å². The summed E-state index contributed by atoms with van der Waals surface area (Å²) in [5.74, 6) is 0.617. The molecule has 1 heterocycles. The first kappa shape index (κ1) is 18.7. The standard InChI is InChI=1S/C23H15N5O2/c1-30-16-9-7-15(8-10-16)28-23(29)20(13-25)18-11-17(14-5-3-2-4-6-14)19(12-24)21(26)22(18)27-28/h2-11H,26H2,1H3. The number of aromatic nitrogens is 2. The number of rotatable bonds is 3. The minimum Gasteiger partial charge on any atom is -0.497 e. The van der Waals surface area contributed by atoms with Gasteiger partial charge in [-0.05, 0) is 35.9 Å². The highest BCUT2D eigenvalue weighted by atomic mass is 16.5. The fourth-order valence-corrected chi connectivity index (χ4v) is 3.33. The van der Waals surface area contributed by atoms with Crippen LogP contribution < -0.4 is 16.0 Å². The van der Waals surface area contributed by atoms with Crippen LogP contribution in [0.25, 0.3) is 27.7 Å². The molecule has 0 saturated carbocycles. The van der Waals surface area contributed by atoms with Crippen molar-refractivity contribution in [2.75, 3.05) is 12.8 Å². The van der Waals surface area contributed by atoms with Crippen LogP contribution in [0.1, 0.15) is 11.1 Å². The number of ether oxygens (including phenoxy) is 1. The smallest absolute Gasteiger partial charge is 0.290 e. The van der Waals surface area contributed by atoms with Crippen molar-refractivity contribution in [3.05, 3.63) is 82.1 Å². The van der Waals surface area contributed by atoms with Gasteiger partial charge in [-0.1, -0.05) is 30.3 Å². The number of fused-ring (bicyclic) bond motifs is 1. The normalized spacial score (nSPS) is 10.4. The summed E-state index contributed by atoms with van der Waals surface area (Å²) in [6.07, 6.45) is 0. The molecule has 0 saturated heterocycles. The molecule has 7 nitrogen and oxygen atoms in total. The minimum atomic E-state index is -0.571. The van der Waals surface area contributed by atoms with E-state index in [2.05, 4.69) is 11.2 Å². The van der Waals surface area contributed by atoms with Crippen LogP contribution in [0, 0.1) is 22.7 Å². The first-order chi connectivity index (χ1) is 14.6. The molecule has 2 N–H and O–H groups in total. The maximum absolute atomic E-state index is 13.0. The lowest BCUT2D eigenvalue weighted by Crippen LogP contribution is -2.24. The van der Waals surface area contributed by atoms with E-state index in [1.807, 2.05) is 36.4 Å². The number of nitrogens with zero attached hydrogens (tertiary/aromatic N) is 4. The summed E-state index contributed by atoms with van der Waals surface area (Å²) >= 11 is 0. The third kappa shape index (κ3) is 2.92. The second-order valence-electron chi connectivity index (χ2n) is 6.49. The van der Waals surface area contributed by atoms with Crippen molar-refractivity contribution in [3.8, 4) is 34.7 Å². The molecule has 0 radical (unpaired) electrons. The fraction of sp³-hybridized carbons (Fsp3) is 0.0435. The topological polar surface area (TPSA) is 118 Å². The van der Waals surface area contributed by atoms with Crippen molar-refractivity contribution in [1.29, 1.82) is 10.5 Å². The van der Waals surface area contributed by atoms with E-state index >= 15 is 0 Å². The van der Waals surface area contributed by atoms with E-state index in [9.17, 15) is 15.3 Å². The highest BCUT2D eigenvalue weighted by molar-refractivity contribution is 6.00. The first-order valence-corrected chi connectivity index (χ1v) is 8.98. The van der Waals surface area contributed by atoms with E-state index in [0.29, 0.717) is 22.4 Å². The fourth-order valence-electron chi connectivity index (χ4n) is 3.33. The van der Waals surface area contributed by atoms with Crippen LogP contribution in [0.5, 0.6) is 5.75 Å². The van der Waals surface area contributed by atoms with Gasteiger partial charge in [-0.2, -0.15) is 20.3 Å². The zero-order valence-corrected chi connectivity index (χ0v) is 16.0. The Hall–Kier alpha value is -4.62. The number of hydrogen-bond donors (Lipinski definition) is 1. The summed E-state index contributed by atoms with van der Waals surface area (Å²) < 4.78 is 6.25. The molecule has 30 heavy (non-hydrogen) atoms. The lowest BCUT2D eigenvalue weighted by molar-refractivity contribution is 0.414. The summed E-state index contributed by atoms with van der Waals surface area (Å²) in [7, 11) is 1.54. The molecule has 0 atom stereocenters. The molecular formula is C23H15N5O2. The maximum Gasteiger partial charge on any atom is 0.290 e. The van der Waals surface area contributed by atoms with Gasteiger partial charge in [0.25, 0.3) is 5.56 Å². The van der Waals surface area contributed by atoms with Gasteiger partial charge in [0.2, 0.25) is 0 Å². The number of nitrogens with two attached hydrogens (primary N) is 1. The Morgan fingerprint density at radius 1 is 1.00 bits per heavy atom. The zero-order valence-electron chi connectivity index (χ0n) is 16.0. The molecule has 0 bridgehead atoms. The second-order valence-corrected chi connectivity index (χ2v) is 6.49. The van der Waals surface area contributed by atoms with Gasteiger partial charge < -0.3 is 10.5 Å². The Kier molecular flexibility index (Phi) is 4.63. The molecule has 0 spiro atoms. The molecule has 0 fully saturated rings. The average molecular weight is 393 g/mol. The van der Waals surface area contributed by atoms with E-state index in [-0.39, 0.29) is 22.3 Å². The van der Waals surface area contributed by atoms with Gasteiger partial charge in [0.15, 0.2) is 0 Å². The van der Waals surface area contributed by atoms with Crippen molar-refractivity contribution >= 4 is 16.6 Å². The van der Waals surface area contributed by atoms with Gasteiger partial charge in [-0.15, -0.1) is 0 Å². The quantitative estimate of drug-likeness (QED) is 0.533. The van der Waals surface area contributed by atoms with Crippen LogP contribution in [-0.2, 0) is 0 Å². The highest BCUT2D eigenvalue weighted by Gasteiger charge is 2.20. The number of hydrogen-bond acceptors (Lipinski definition) is 6. The Morgan fingerprint density at radius 2 is 1.67 bits per heavy atom. The Bertz CT molecular complexity index is 1410. The average Bonchev–Trinajstić information content (AvgIpc) is 2.79. The predicted octanol–water partition coefficient (Wildman–Crippen LogP) is 3.39. The lowest BCUT2D eigenvalue weighted by Gasteiger charge is -2.13. The molecule has 144 valence electrons. The molecule has 3 aromatic carbocycles. The number of methoxy groups -OCH3 is 1. The van der Waals surface area contributed by atoms with Gasteiger partial charge in [-0.3, -0.25) is 4.79 Å². The Morgan fingerprint density at radius 3 is 2.27 bits per heavy atom. The monoisotopic (exact) mass is 393 g/mol. The van der Waals surface area contributed by atoms with Crippen molar-refractivity contribution in [2.45, 2.75) is 0 Å². The Labute approximate surface area is 171 Å². The van der Waals surface area contributed by atoms with Crippen LogP contribution in [0.4, 0.5) is 5.69 Å². The molecule has 0 amide bonds. The highest BCUT2D eigenvalue weighted by Crippen LogP contribution is 2.34. The minimum absolute atomic E-state index is 0.0933. The van der Waals surface area contributed by atoms with Gasteiger partial charge in [-0.25, -0.2) is 0 Å².